The maximum Gasteiger partial charge on any atom is 0.231 e. The number of terminal acetylenes is 1. The van der Waals surface area contributed by atoms with E-state index in [2.05, 4.69) is 5.92 Å². The Labute approximate surface area is 145 Å². The molecule has 1 aliphatic heterocycles. The normalized spacial score (nSPS) is 12.2. The van der Waals surface area contributed by atoms with Gasteiger partial charge in [-0.1, -0.05) is 24.1 Å². The van der Waals surface area contributed by atoms with E-state index >= 15 is 0 Å². The topological polar surface area (TPSA) is 68.5 Å². The summed E-state index contributed by atoms with van der Waals surface area (Å²) >= 11 is 0. The third-order valence-electron chi connectivity index (χ3n) is 3.53. The maximum atomic E-state index is 12.6. The number of nitrogens with zero attached hydrogens (tertiary/aromatic N) is 1. The zero-order chi connectivity index (χ0) is 17.6. The molecule has 0 saturated carbocycles. The third kappa shape index (κ3) is 3.46. The van der Waals surface area contributed by atoms with Crippen LogP contribution in [0.1, 0.15) is 15.9 Å². The van der Waals surface area contributed by atoms with Gasteiger partial charge in [-0.15, -0.1) is 6.42 Å². The molecule has 5 nitrogen and oxygen atoms in total. The lowest BCUT2D eigenvalue weighted by Gasteiger charge is -2.07. The standard InChI is InChI=1S/C20H13NO4/c1-2-9-23-17-6-4-3-5-14(17)10-16(12-21)20(22)15-7-8-18-19(11-15)25-13-24-18/h1,3-8,10-11H,9,13H2/b16-10-. The minimum atomic E-state index is -0.410. The number of hydrogen-bond acceptors (Lipinski definition) is 5. The molecule has 3 rings (SSSR count). The molecule has 25 heavy (non-hydrogen) atoms. The van der Waals surface area contributed by atoms with Crippen molar-refractivity contribution in [3.8, 4) is 35.7 Å². The van der Waals surface area contributed by atoms with Crippen LogP contribution in [0.5, 0.6) is 17.2 Å². The van der Waals surface area contributed by atoms with Crippen molar-refractivity contribution in [3.63, 3.8) is 0 Å². The Bertz CT molecular complexity index is 931. The molecule has 2 aromatic rings. The molecule has 0 radical (unpaired) electrons. The Morgan fingerprint density at radius 2 is 2.04 bits per heavy atom. The van der Waals surface area contributed by atoms with Gasteiger partial charge in [-0.25, -0.2) is 0 Å². The van der Waals surface area contributed by atoms with Gasteiger partial charge in [-0.2, -0.15) is 5.26 Å². The van der Waals surface area contributed by atoms with E-state index in [1.54, 1.807) is 42.5 Å². The molecule has 0 saturated heterocycles. The average Bonchev–Trinajstić information content (AvgIpc) is 3.12. The summed E-state index contributed by atoms with van der Waals surface area (Å²) in [6.07, 6.45) is 6.69. The number of para-hydroxylation sites is 1. The molecule has 1 heterocycles. The summed E-state index contributed by atoms with van der Waals surface area (Å²) in [6, 6.07) is 13.8. The van der Waals surface area contributed by atoms with Gasteiger partial charge in [0.05, 0.1) is 0 Å². The quantitative estimate of drug-likeness (QED) is 0.364. The summed E-state index contributed by atoms with van der Waals surface area (Å²) in [6.45, 7) is 0.219. The second-order valence-corrected chi connectivity index (χ2v) is 5.10. The predicted molar refractivity (Wildman–Crippen MR) is 91.3 cm³/mol. The Kier molecular flexibility index (Phi) is 4.69. The zero-order valence-electron chi connectivity index (χ0n) is 13.2. The van der Waals surface area contributed by atoms with Crippen molar-refractivity contribution in [2.24, 2.45) is 0 Å². The van der Waals surface area contributed by atoms with Crippen LogP contribution in [0.2, 0.25) is 0 Å². The molecular formula is C20H13NO4. The summed E-state index contributed by atoms with van der Waals surface area (Å²) in [5.74, 6) is 3.54. The number of carbonyl (C=O) groups excluding carboxylic acids is 1. The number of Topliss-reactive ketones (excluding diaryl/α,β-unsaturated/α-hetero) is 1. The number of ketones is 1. The van der Waals surface area contributed by atoms with Crippen molar-refractivity contribution < 1.29 is 19.0 Å². The van der Waals surface area contributed by atoms with Crippen molar-refractivity contribution in [1.29, 1.82) is 5.26 Å². The molecular weight excluding hydrogens is 318 g/mol. The minimum Gasteiger partial charge on any atom is -0.480 e. The van der Waals surface area contributed by atoms with E-state index in [0.29, 0.717) is 28.4 Å². The lowest BCUT2D eigenvalue weighted by Crippen LogP contribution is -2.02. The second kappa shape index (κ2) is 7.25. The Morgan fingerprint density at radius 3 is 2.84 bits per heavy atom. The first kappa shape index (κ1) is 16.2. The average molecular weight is 331 g/mol. The van der Waals surface area contributed by atoms with Crippen LogP contribution in [0, 0.1) is 23.7 Å². The summed E-state index contributed by atoms with van der Waals surface area (Å²) in [5, 5.41) is 9.41. The highest BCUT2D eigenvalue weighted by molar-refractivity contribution is 6.14. The van der Waals surface area contributed by atoms with Crippen LogP contribution in [0.15, 0.2) is 48.0 Å². The molecule has 0 aliphatic carbocycles. The highest BCUT2D eigenvalue weighted by atomic mass is 16.7. The van der Waals surface area contributed by atoms with E-state index in [0.717, 1.165) is 0 Å². The van der Waals surface area contributed by atoms with Gasteiger partial charge in [0, 0.05) is 11.1 Å². The molecule has 0 aromatic heterocycles. The fraction of sp³-hybridized carbons (Fsp3) is 0.100. The van der Waals surface area contributed by atoms with Crippen LogP contribution >= 0.6 is 0 Å². The van der Waals surface area contributed by atoms with Gasteiger partial charge in [0.25, 0.3) is 0 Å². The summed E-state index contributed by atoms with van der Waals surface area (Å²) in [4.78, 5) is 12.6. The Morgan fingerprint density at radius 1 is 1.24 bits per heavy atom. The van der Waals surface area contributed by atoms with E-state index in [4.69, 9.17) is 20.6 Å². The summed E-state index contributed by atoms with van der Waals surface area (Å²) in [5.41, 5.74) is 0.929. The number of hydrogen-bond donors (Lipinski definition) is 0. The molecule has 122 valence electrons. The van der Waals surface area contributed by atoms with Gasteiger partial charge in [-0.3, -0.25) is 4.79 Å². The first-order valence-electron chi connectivity index (χ1n) is 7.44. The van der Waals surface area contributed by atoms with Crippen LogP contribution in [0.3, 0.4) is 0 Å². The molecule has 1 aliphatic rings. The number of fused-ring (bicyclic) bond motifs is 1. The van der Waals surface area contributed by atoms with Crippen molar-refractivity contribution in [2.45, 2.75) is 0 Å². The fourth-order valence-electron chi connectivity index (χ4n) is 2.35. The van der Waals surface area contributed by atoms with Crippen LogP contribution < -0.4 is 14.2 Å². The largest absolute Gasteiger partial charge is 0.480 e. The van der Waals surface area contributed by atoms with Crippen LogP contribution in [-0.2, 0) is 0 Å². The number of allylic oxidation sites excluding steroid dienone is 1. The van der Waals surface area contributed by atoms with Crippen molar-refractivity contribution in [1.82, 2.24) is 0 Å². The highest BCUT2D eigenvalue weighted by Crippen LogP contribution is 2.33. The van der Waals surface area contributed by atoms with Gasteiger partial charge in [0.15, 0.2) is 11.5 Å². The number of carbonyl (C=O) groups is 1. The van der Waals surface area contributed by atoms with E-state index in [-0.39, 0.29) is 19.0 Å². The van der Waals surface area contributed by atoms with Gasteiger partial charge >= 0.3 is 0 Å². The van der Waals surface area contributed by atoms with E-state index < -0.39 is 5.78 Å². The van der Waals surface area contributed by atoms with Gasteiger partial charge in [0.1, 0.15) is 24.0 Å². The van der Waals surface area contributed by atoms with Crippen molar-refractivity contribution in [3.05, 3.63) is 59.2 Å². The molecule has 0 fully saturated rings. The molecule has 0 N–H and O–H groups in total. The van der Waals surface area contributed by atoms with E-state index in [9.17, 15) is 10.1 Å². The lowest BCUT2D eigenvalue weighted by molar-refractivity contribution is 0.103. The smallest absolute Gasteiger partial charge is 0.231 e. The zero-order valence-corrected chi connectivity index (χ0v) is 13.2. The second-order valence-electron chi connectivity index (χ2n) is 5.10. The van der Waals surface area contributed by atoms with Crippen molar-refractivity contribution >= 4 is 11.9 Å². The van der Waals surface area contributed by atoms with Crippen LogP contribution in [-0.4, -0.2) is 19.2 Å². The maximum absolute atomic E-state index is 12.6. The Hall–Kier alpha value is -3.70. The van der Waals surface area contributed by atoms with E-state index in [1.165, 1.54) is 6.08 Å². The van der Waals surface area contributed by atoms with E-state index in [1.807, 2.05) is 6.07 Å². The number of benzene rings is 2. The molecule has 5 heteroatoms. The fourth-order valence-corrected chi connectivity index (χ4v) is 2.35. The molecule has 0 unspecified atom stereocenters. The number of rotatable bonds is 5. The predicted octanol–water partition coefficient (Wildman–Crippen LogP) is 3.22. The SMILES string of the molecule is C#CCOc1ccccc1/C=C(/C#N)C(=O)c1ccc2c(c1)OCO2. The minimum absolute atomic E-state index is 0.0179. The molecule has 0 bridgehead atoms. The molecule has 0 amide bonds. The van der Waals surface area contributed by atoms with Gasteiger partial charge in [-0.05, 0) is 30.3 Å². The first-order chi connectivity index (χ1) is 12.2. The lowest BCUT2D eigenvalue weighted by atomic mass is 10.0. The van der Waals surface area contributed by atoms with Crippen LogP contribution in [0.4, 0.5) is 0 Å². The Balaban J connectivity index is 1.92. The summed E-state index contributed by atoms with van der Waals surface area (Å²) < 4.78 is 15.9. The summed E-state index contributed by atoms with van der Waals surface area (Å²) in [7, 11) is 0. The third-order valence-corrected chi connectivity index (χ3v) is 3.53. The van der Waals surface area contributed by atoms with Gasteiger partial charge in [0.2, 0.25) is 12.6 Å². The molecule has 0 atom stereocenters. The monoisotopic (exact) mass is 331 g/mol. The number of ether oxygens (including phenoxy) is 3. The van der Waals surface area contributed by atoms with Gasteiger partial charge < -0.3 is 14.2 Å². The number of nitriles is 1. The highest BCUT2D eigenvalue weighted by Gasteiger charge is 2.19. The van der Waals surface area contributed by atoms with Crippen LogP contribution in [0.25, 0.3) is 6.08 Å². The molecule has 2 aromatic carbocycles. The first-order valence-corrected chi connectivity index (χ1v) is 7.44. The van der Waals surface area contributed by atoms with Crippen molar-refractivity contribution in [2.75, 3.05) is 13.4 Å². The molecule has 0 spiro atoms.